The first-order valence-electron chi connectivity index (χ1n) is 6.49. The van der Waals surface area contributed by atoms with Crippen molar-refractivity contribution < 1.29 is 4.39 Å². The van der Waals surface area contributed by atoms with Crippen LogP contribution in [0.5, 0.6) is 0 Å². The molecule has 1 fully saturated rings. The first-order chi connectivity index (χ1) is 8.29. The minimum atomic E-state index is -0.141. The normalized spacial score (nSPS) is 24.8. The van der Waals surface area contributed by atoms with Crippen LogP contribution in [0.15, 0.2) is 24.3 Å². The van der Waals surface area contributed by atoms with Gasteiger partial charge in [-0.1, -0.05) is 19.1 Å². The van der Waals surface area contributed by atoms with Gasteiger partial charge in [0.1, 0.15) is 5.82 Å². The lowest BCUT2D eigenvalue weighted by molar-refractivity contribution is 0.297. The Morgan fingerprint density at radius 1 is 1.47 bits per heavy atom. The Kier molecular flexibility index (Phi) is 4.51. The van der Waals surface area contributed by atoms with Gasteiger partial charge in [-0.25, -0.2) is 4.39 Å². The third-order valence-corrected chi connectivity index (χ3v) is 3.45. The molecule has 3 heteroatoms. The largest absolute Gasteiger partial charge is 0.317 e. The van der Waals surface area contributed by atoms with Gasteiger partial charge in [-0.2, -0.15) is 0 Å². The molecular weight excluding hydrogens is 215 g/mol. The standard InChI is InChI=1S/C14H21FN2/c1-2-16-10-11-6-7-17-14(8-11)12-4-3-5-13(15)9-12/h3-5,9,11,14,16-17H,2,6-8,10H2,1H3/t11?,14-/m0/s1. The van der Waals surface area contributed by atoms with Crippen molar-refractivity contribution in [2.45, 2.75) is 25.8 Å². The van der Waals surface area contributed by atoms with E-state index >= 15 is 0 Å². The first-order valence-corrected chi connectivity index (χ1v) is 6.49. The van der Waals surface area contributed by atoms with Gasteiger partial charge in [0.05, 0.1) is 0 Å². The van der Waals surface area contributed by atoms with Crippen molar-refractivity contribution in [3.63, 3.8) is 0 Å². The zero-order chi connectivity index (χ0) is 12.1. The molecule has 0 aromatic heterocycles. The van der Waals surface area contributed by atoms with E-state index in [1.165, 1.54) is 12.5 Å². The van der Waals surface area contributed by atoms with Crippen LogP contribution in [0.3, 0.4) is 0 Å². The molecule has 94 valence electrons. The van der Waals surface area contributed by atoms with E-state index in [0.717, 1.165) is 31.6 Å². The summed E-state index contributed by atoms with van der Waals surface area (Å²) in [5.41, 5.74) is 1.08. The molecule has 1 saturated heterocycles. The molecule has 17 heavy (non-hydrogen) atoms. The zero-order valence-corrected chi connectivity index (χ0v) is 10.4. The van der Waals surface area contributed by atoms with Crippen LogP contribution >= 0.6 is 0 Å². The lowest BCUT2D eigenvalue weighted by atomic mass is 9.88. The maximum absolute atomic E-state index is 13.2. The SMILES string of the molecule is CCNCC1CCN[C@H](c2cccc(F)c2)C1. The van der Waals surface area contributed by atoms with Crippen LogP contribution in [0.2, 0.25) is 0 Å². The van der Waals surface area contributed by atoms with Crippen molar-refractivity contribution >= 4 is 0 Å². The second-order valence-electron chi connectivity index (χ2n) is 4.76. The zero-order valence-electron chi connectivity index (χ0n) is 10.4. The molecule has 1 aliphatic heterocycles. The fourth-order valence-electron chi connectivity index (χ4n) is 2.51. The van der Waals surface area contributed by atoms with Gasteiger partial charge in [-0.3, -0.25) is 0 Å². The number of rotatable bonds is 4. The monoisotopic (exact) mass is 236 g/mol. The van der Waals surface area contributed by atoms with Gasteiger partial charge in [-0.05, 0) is 56.1 Å². The summed E-state index contributed by atoms with van der Waals surface area (Å²) in [7, 11) is 0. The molecule has 0 saturated carbocycles. The molecular formula is C14H21FN2. The number of halogens is 1. The van der Waals surface area contributed by atoms with Gasteiger partial charge in [0.25, 0.3) is 0 Å². The van der Waals surface area contributed by atoms with E-state index in [-0.39, 0.29) is 5.82 Å². The highest BCUT2D eigenvalue weighted by Gasteiger charge is 2.22. The average Bonchev–Trinajstić information content (AvgIpc) is 2.37. The van der Waals surface area contributed by atoms with Gasteiger partial charge < -0.3 is 10.6 Å². The molecule has 0 amide bonds. The number of nitrogens with one attached hydrogen (secondary N) is 2. The van der Waals surface area contributed by atoms with Gasteiger partial charge in [0, 0.05) is 6.04 Å². The Labute approximate surface area is 103 Å². The Morgan fingerprint density at radius 3 is 3.12 bits per heavy atom. The van der Waals surface area contributed by atoms with Crippen LogP contribution in [0.25, 0.3) is 0 Å². The molecule has 2 N–H and O–H groups in total. The van der Waals surface area contributed by atoms with E-state index in [2.05, 4.69) is 17.6 Å². The molecule has 0 bridgehead atoms. The Hall–Kier alpha value is -0.930. The predicted molar refractivity (Wildman–Crippen MR) is 68.4 cm³/mol. The maximum Gasteiger partial charge on any atom is 0.123 e. The number of piperidine rings is 1. The van der Waals surface area contributed by atoms with Crippen molar-refractivity contribution in [3.8, 4) is 0 Å². The van der Waals surface area contributed by atoms with E-state index in [1.54, 1.807) is 12.1 Å². The van der Waals surface area contributed by atoms with Gasteiger partial charge >= 0.3 is 0 Å². The first kappa shape index (κ1) is 12.5. The molecule has 0 radical (unpaired) electrons. The van der Waals surface area contributed by atoms with Crippen molar-refractivity contribution in [3.05, 3.63) is 35.6 Å². The molecule has 1 heterocycles. The summed E-state index contributed by atoms with van der Waals surface area (Å²) in [6.07, 6.45) is 2.30. The van der Waals surface area contributed by atoms with Crippen molar-refractivity contribution in [1.82, 2.24) is 10.6 Å². The second kappa shape index (κ2) is 6.12. The van der Waals surface area contributed by atoms with E-state index in [1.807, 2.05) is 6.07 Å². The second-order valence-corrected chi connectivity index (χ2v) is 4.76. The van der Waals surface area contributed by atoms with Crippen LogP contribution in [-0.2, 0) is 0 Å². The molecule has 1 aromatic rings. The lowest BCUT2D eigenvalue weighted by Gasteiger charge is -2.30. The molecule has 1 aliphatic rings. The lowest BCUT2D eigenvalue weighted by Crippen LogP contribution is -2.36. The summed E-state index contributed by atoms with van der Waals surface area (Å²) in [5, 5.41) is 6.87. The topological polar surface area (TPSA) is 24.1 Å². The van der Waals surface area contributed by atoms with Crippen LogP contribution in [-0.4, -0.2) is 19.6 Å². The van der Waals surface area contributed by atoms with Crippen LogP contribution in [0, 0.1) is 11.7 Å². The van der Waals surface area contributed by atoms with Crippen LogP contribution < -0.4 is 10.6 Å². The Bertz CT molecular complexity index is 354. The van der Waals surface area contributed by atoms with Crippen molar-refractivity contribution in [2.24, 2.45) is 5.92 Å². The smallest absolute Gasteiger partial charge is 0.123 e. The van der Waals surface area contributed by atoms with E-state index in [9.17, 15) is 4.39 Å². The van der Waals surface area contributed by atoms with E-state index in [0.29, 0.717) is 12.0 Å². The van der Waals surface area contributed by atoms with Gasteiger partial charge in [-0.15, -0.1) is 0 Å². The number of hydrogen-bond donors (Lipinski definition) is 2. The van der Waals surface area contributed by atoms with E-state index in [4.69, 9.17) is 0 Å². The fraction of sp³-hybridized carbons (Fsp3) is 0.571. The Balaban J connectivity index is 1.97. The number of benzene rings is 1. The third-order valence-electron chi connectivity index (χ3n) is 3.45. The van der Waals surface area contributed by atoms with Gasteiger partial charge in [0.15, 0.2) is 0 Å². The average molecular weight is 236 g/mol. The maximum atomic E-state index is 13.2. The highest BCUT2D eigenvalue weighted by Crippen LogP contribution is 2.27. The summed E-state index contributed by atoms with van der Waals surface area (Å²) in [4.78, 5) is 0. The predicted octanol–water partition coefficient (Wildman–Crippen LogP) is 2.48. The Morgan fingerprint density at radius 2 is 2.35 bits per heavy atom. The van der Waals surface area contributed by atoms with E-state index < -0.39 is 0 Å². The summed E-state index contributed by atoms with van der Waals surface area (Å²) in [6.45, 7) is 5.25. The highest BCUT2D eigenvalue weighted by molar-refractivity contribution is 5.20. The minimum absolute atomic E-state index is 0.141. The minimum Gasteiger partial charge on any atom is -0.317 e. The third kappa shape index (κ3) is 3.51. The quantitative estimate of drug-likeness (QED) is 0.839. The number of hydrogen-bond acceptors (Lipinski definition) is 2. The van der Waals surface area contributed by atoms with Gasteiger partial charge in [0.2, 0.25) is 0 Å². The molecule has 0 spiro atoms. The highest BCUT2D eigenvalue weighted by atomic mass is 19.1. The summed E-state index contributed by atoms with van der Waals surface area (Å²) in [5.74, 6) is 0.558. The molecule has 2 rings (SSSR count). The summed E-state index contributed by atoms with van der Waals surface area (Å²) < 4.78 is 13.2. The molecule has 2 atom stereocenters. The molecule has 2 nitrogen and oxygen atoms in total. The van der Waals surface area contributed by atoms with Crippen molar-refractivity contribution in [2.75, 3.05) is 19.6 Å². The van der Waals surface area contributed by atoms with Crippen LogP contribution in [0.1, 0.15) is 31.4 Å². The molecule has 1 unspecified atom stereocenters. The summed E-state index contributed by atoms with van der Waals surface area (Å²) in [6, 6.07) is 7.26. The van der Waals surface area contributed by atoms with Crippen LogP contribution in [0.4, 0.5) is 4.39 Å². The summed E-state index contributed by atoms with van der Waals surface area (Å²) >= 11 is 0. The molecule has 0 aliphatic carbocycles. The van der Waals surface area contributed by atoms with Crippen molar-refractivity contribution in [1.29, 1.82) is 0 Å². The fourth-order valence-corrected chi connectivity index (χ4v) is 2.51. The molecule has 1 aromatic carbocycles.